The lowest BCUT2D eigenvalue weighted by molar-refractivity contribution is -0.117. The van der Waals surface area contributed by atoms with Gasteiger partial charge in [0, 0.05) is 5.69 Å². The topological polar surface area (TPSA) is 69.2 Å². The summed E-state index contributed by atoms with van der Waals surface area (Å²) in [6.07, 6.45) is 7.57. The van der Waals surface area contributed by atoms with E-state index in [1.165, 1.54) is 19.3 Å². The van der Waals surface area contributed by atoms with Crippen LogP contribution in [0.2, 0.25) is 0 Å². The highest BCUT2D eigenvalue weighted by atomic mass is 16.3. The third-order valence-corrected chi connectivity index (χ3v) is 5.30. The second kappa shape index (κ2) is 5.41. The second-order valence-electron chi connectivity index (χ2n) is 6.65. The van der Waals surface area contributed by atoms with Crippen molar-refractivity contribution >= 4 is 22.6 Å². The average molecular weight is 311 g/mol. The summed E-state index contributed by atoms with van der Waals surface area (Å²) in [6.45, 7) is 1.89. The smallest absolute Gasteiger partial charge is 0.293 e. The van der Waals surface area contributed by atoms with Crippen LogP contribution in [0.15, 0.2) is 35.9 Å². The van der Waals surface area contributed by atoms with Crippen LogP contribution in [0, 0.1) is 5.92 Å². The maximum atomic E-state index is 12.6. The molecule has 23 heavy (non-hydrogen) atoms. The number of rotatable bonds is 2. The summed E-state index contributed by atoms with van der Waals surface area (Å²) in [7, 11) is 0. The number of carbonyl (C=O) groups is 1. The van der Waals surface area contributed by atoms with E-state index in [0.717, 1.165) is 35.1 Å². The Bertz CT molecular complexity index is 786. The van der Waals surface area contributed by atoms with Crippen molar-refractivity contribution in [1.82, 2.24) is 9.97 Å². The van der Waals surface area contributed by atoms with Crippen LogP contribution in [0.5, 0.6) is 0 Å². The summed E-state index contributed by atoms with van der Waals surface area (Å²) in [5.41, 5.74) is 3.42. The molecule has 0 radical (unpaired) electrons. The maximum absolute atomic E-state index is 12.6. The number of H-pyrrole nitrogens is 1. The Morgan fingerprint density at radius 3 is 2.83 bits per heavy atom. The lowest BCUT2D eigenvalue weighted by Gasteiger charge is -2.35. The number of benzene rings is 1. The molecule has 1 aliphatic heterocycles. The monoisotopic (exact) mass is 311 g/mol. The third kappa shape index (κ3) is 2.22. The predicted molar refractivity (Wildman–Crippen MR) is 89.3 cm³/mol. The van der Waals surface area contributed by atoms with Gasteiger partial charge >= 0.3 is 0 Å². The van der Waals surface area contributed by atoms with E-state index < -0.39 is 0 Å². The molecule has 1 saturated carbocycles. The summed E-state index contributed by atoms with van der Waals surface area (Å²) >= 11 is 0. The highest BCUT2D eigenvalue weighted by Gasteiger charge is 2.42. The van der Waals surface area contributed by atoms with Gasteiger partial charge in [0.05, 0.1) is 23.4 Å². The number of aromatic amines is 1. The van der Waals surface area contributed by atoms with Crippen molar-refractivity contribution in [3.8, 4) is 0 Å². The van der Waals surface area contributed by atoms with Gasteiger partial charge in [-0.2, -0.15) is 0 Å². The lowest BCUT2D eigenvalue weighted by atomic mass is 9.81. The second-order valence-corrected chi connectivity index (χ2v) is 6.65. The number of aromatic nitrogens is 2. The number of aliphatic hydroxyl groups is 1. The van der Waals surface area contributed by atoms with Crippen LogP contribution in [0.4, 0.5) is 5.69 Å². The fraction of sp³-hybridized carbons (Fsp3) is 0.444. The zero-order valence-corrected chi connectivity index (χ0v) is 13.2. The van der Waals surface area contributed by atoms with Crippen molar-refractivity contribution in [2.75, 3.05) is 4.90 Å². The molecule has 0 spiro atoms. The van der Waals surface area contributed by atoms with Gasteiger partial charge in [0.1, 0.15) is 0 Å². The quantitative estimate of drug-likeness (QED) is 0.888. The van der Waals surface area contributed by atoms with Gasteiger partial charge in [-0.05, 0) is 49.5 Å². The fourth-order valence-electron chi connectivity index (χ4n) is 4.11. The number of nitrogens with zero attached hydrogens (tertiary/aromatic N) is 2. The molecule has 1 amide bonds. The van der Waals surface area contributed by atoms with E-state index >= 15 is 0 Å². The van der Waals surface area contributed by atoms with Crippen LogP contribution in [0.1, 0.15) is 39.0 Å². The van der Waals surface area contributed by atoms with Gasteiger partial charge in [-0.15, -0.1) is 0 Å². The van der Waals surface area contributed by atoms with Gasteiger partial charge in [-0.25, -0.2) is 4.98 Å². The third-order valence-electron chi connectivity index (χ3n) is 5.30. The Labute approximate surface area is 135 Å². The van der Waals surface area contributed by atoms with Crippen LogP contribution in [0.25, 0.3) is 11.0 Å². The number of aliphatic hydroxyl groups excluding tert-OH is 1. The Morgan fingerprint density at radius 1 is 1.26 bits per heavy atom. The van der Waals surface area contributed by atoms with Crippen LogP contribution < -0.4 is 4.90 Å². The van der Waals surface area contributed by atoms with Crippen molar-refractivity contribution in [1.29, 1.82) is 0 Å². The Balaban J connectivity index is 1.76. The minimum Gasteiger partial charge on any atom is -0.503 e. The van der Waals surface area contributed by atoms with E-state index in [2.05, 4.69) is 9.97 Å². The molecule has 1 unspecified atom stereocenters. The molecule has 1 aliphatic carbocycles. The molecule has 0 bridgehead atoms. The van der Waals surface area contributed by atoms with Crippen molar-refractivity contribution in [3.63, 3.8) is 0 Å². The molecular weight excluding hydrogens is 290 g/mol. The van der Waals surface area contributed by atoms with E-state index in [4.69, 9.17) is 0 Å². The highest BCUT2D eigenvalue weighted by Crippen LogP contribution is 2.40. The molecule has 2 aliphatic rings. The zero-order valence-electron chi connectivity index (χ0n) is 13.2. The molecule has 120 valence electrons. The summed E-state index contributed by atoms with van der Waals surface area (Å²) in [5, 5.41) is 10.2. The molecule has 1 aromatic carbocycles. The van der Waals surface area contributed by atoms with Crippen molar-refractivity contribution < 1.29 is 9.90 Å². The minimum atomic E-state index is -0.281. The van der Waals surface area contributed by atoms with Gasteiger partial charge < -0.3 is 10.1 Å². The molecule has 4 rings (SSSR count). The number of hydrogen-bond acceptors (Lipinski definition) is 3. The SMILES string of the molecule is CC1=C(O)C(=O)N(c2ccc3nc[nH]c3c2)C1C1CCCCC1. The average Bonchev–Trinajstić information content (AvgIpc) is 3.13. The first kappa shape index (κ1) is 14.3. The molecule has 5 nitrogen and oxygen atoms in total. The van der Waals surface area contributed by atoms with Crippen molar-refractivity contribution in [2.24, 2.45) is 5.92 Å². The van der Waals surface area contributed by atoms with E-state index in [-0.39, 0.29) is 17.7 Å². The van der Waals surface area contributed by atoms with Crippen molar-refractivity contribution in [2.45, 2.75) is 45.1 Å². The minimum absolute atomic E-state index is 0.0248. The Kier molecular flexibility index (Phi) is 3.36. The Hall–Kier alpha value is -2.30. The highest BCUT2D eigenvalue weighted by molar-refractivity contribution is 6.09. The maximum Gasteiger partial charge on any atom is 0.293 e. The predicted octanol–water partition coefficient (Wildman–Crippen LogP) is 3.69. The van der Waals surface area contributed by atoms with Gasteiger partial charge in [0.2, 0.25) is 0 Å². The largest absolute Gasteiger partial charge is 0.503 e. The molecule has 2 N–H and O–H groups in total. The van der Waals surface area contributed by atoms with Gasteiger partial charge in [-0.1, -0.05) is 19.3 Å². The molecule has 1 fully saturated rings. The molecule has 0 saturated heterocycles. The lowest BCUT2D eigenvalue weighted by Crippen LogP contribution is -2.41. The molecule has 1 atom stereocenters. The van der Waals surface area contributed by atoms with Crippen LogP contribution in [-0.4, -0.2) is 27.0 Å². The zero-order chi connectivity index (χ0) is 16.0. The van der Waals surface area contributed by atoms with E-state index in [0.29, 0.717) is 5.92 Å². The number of fused-ring (bicyclic) bond motifs is 1. The molecular formula is C18H21N3O2. The number of nitrogens with one attached hydrogen (secondary N) is 1. The summed E-state index contributed by atoms with van der Waals surface area (Å²) < 4.78 is 0. The van der Waals surface area contributed by atoms with Gasteiger partial charge in [-0.3, -0.25) is 9.69 Å². The first-order chi connectivity index (χ1) is 11.2. The number of imidazole rings is 1. The van der Waals surface area contributed by atoms with E-state index in [9.17, 15) is 9.90 Å². The standard InChI is InChI=1S/C18H21N3O2/c1-11-16(12-5-3-2-4-6-12)21(18(23)17(11)22)13-7-8-14-15(9-13)20-10-19-14/h7-10,12,16,22H,2-6H2,1H3,(H,19,20). The van der Waals surface area contributed by atoms with Crippen LogP contribution in [-0.2, 0) is 4.79 Å². The molecule has 2 heterocycles. The van der Waals surface area contributed by atoms with Crippen LogP contribution in [0.3, 0.4) is 0 Å². The van der Waals surface area contributed by atoms with E-state index in [1.807, 2.05) is 25.1 Å². The summed E-state index contributed by atoms with van der Waals surface area (Å²) in [5.74, 6) is 0.0667. The number of carbonyl (C=O) groups excluding carboxylic acids is 1. The normalized spacial score (nSPS) is 23.3. The van der Waals surface area contributed by atoms with Gasteiger partial charge in [0.25, 0.3) is 5.91 Å². The number of amides is 1. The van der Waals surface area contributed by atoms with Crippen LogP contribution >= 0.6 is 0 Å². The van der Waals surface area contributed by atoms with Gasteiger partial charge in [0.15, 0.2) is 5.76 Å². The summed E-state index contributed by atoms with van der Waals surface area (Å²) in [6, 6.07) is 5.75. The van der Waals surface area contributed by atoms with Crippen molar-refractivity contribution in [3.05, 3.63) is 35.9 Å². The number of hydrogen-bond donors (Lipinski definition) is 2. The first-order valence-corrected chi connectivity index (χ1v) is 8.33. The summed E-state index contributed by atoms with van der Waals surface area (Å²) in [4.78, 5) is 21.7. The fourth-order valence-corrected chi connectivity index (χ4v) is 4.11. The molecule has 5 heteroatoms. The molecule has 2 aromatic rings. The molecule has 1 aromatic heterocycles. The van der Waals surface area contributed by atoms with E-state index in [1.54, 1.807) is 11.2 Å². The number of anilines is 1. The Morgan fingerprint density at radius 2 is 2.04 bits per heavy atom. The first-order valence-electron chi connectivity index (χ1n) is 8.33.